The first kappa shape index (κ1) is 12.9. The van der Waals surface area contributed by atoms with Crippen LogP contribution in [0.2, 0.25) is 0 Å². The maximum Gasteiger partial charge on any atom is 0.319 e. The molecule has 0 aliphatic heterocycles. The summed E-state index contributed by atoms with van der Waals surface area (Å²) in [5.41, 5.74) is 3.71. The second kappa shape index (κ2) is 5.89. The normalized spacial score (nSPS) is 15.0. The smallest absolute Gasteiger partial charge is 0.319 e. The molecule has 0 saturated carbocycles. The molecule has 2 rings (SSSR count). The zero-order chi connectivity index (χ0) is 13.0. The van der Waals surface area contributed by atoms with Gasteiger partial charge in [-0.25, -0.2) is 4.79 Å². The van der Waals surface area contributed by atoms with E-state index in [1.54, 1.807) is 0 Å². The molecule has 1 aromatic rings. The fraction of sp³-hybridized carbons (Fsp3) is 0.533. The molecule has 1 aromatic carbocycles. The number of hydrogen-bond donors (Lipinski definition) is 2. The highest BCUT2D eigenvalue weighted by molar-refractivity contribution is 5.89. The molecule has 0 heterocycles. The molecule has 1 aliphatic rings. The molecule has 0 saturated heterocycles. The van der Waals surface area contributed by atoms with Gasteiger partial charge in [0.05, 0.1) is 0 Å². The molecule has 0 radical (unpaired) electrons. The van der Waals surface area contributed by atoms with Crippen LogP contribution in [-0.2, 0) is 12.8 Å². The number of nitrogens with one attached hydrogen (secondary N) is 2. The van der Waals surface area contributed by atoms with Crippen LogP contribution in [0, 0.1) is 0 Å². The van der Waals surface area contributed by atoms with E-state index in [1.807, 2.05) is 13.0 Å². The molecule has 0 spiro atoms. The average molecular weight is 246 g/mol. The number of amides is 2. The van der Waals surface area contributed by atoms with E-state index in [0.717, 1.165) is 24.9 Å². The van der Waals surface area contributed by atoms with Gasteiger partial charge in [0.1, 0.15) is 0 Å². The number of anilines is 1. The maximum absolute atomic E-state index is 11.8. The van der Waals surface area contributed by atoms with Crippen LogP contribution in [0.5, 0.6) is 0 Å². The summed E-state index contributed by atoms with van der Waals surface area (Å²) >= 11 is 0. The Balaban J connectivity index is 1.91. The van der Waals surface area contributed by atoms with Crippen LogP contribution >= 0.6 is 0 Å². The largest absolute Gasteiger partial charge is 0.335 e. The summed E-state index contributed by atoms with van der Waals surface area (Å²) < 4.78 is 0. The molecule has 0 bridgehead atoms. The summed E-state index contributed by atoms with van der Waals surface area (Å²) in [7, 11) is 0. The quantitative estimate of drug-likeness (QED) is 0.839. The highest BCUT2D eigenvalue weighted by atomic mass is 16.2. The topological polar surface area (TPSA) is 41.1 Å². The van der Waals surface area contributed by atoms with E-state index in [0.29, 0.717) is 0 Å². The van der Waals surface area contributed by atoms with Crippen LogP contribution in [0.4, 0.5) is 10.5 Å². The lowest BCUT2D eigenvalue weighted by atomic mass is 10.1. The van der Waals surface area contributed by atoms with E-state index in [4.69, 9.17) is 0 Å². The highest BCUT2D eigenvalue weighted by Crippen LogP contribution is 2.24. The monoisotopic (exact) mass is 246 g/mol. The summed E-state index contributed by atoms with van der Waals surface area (Å²) in [6.07, 6.45) is 5.64. The second-order valence-corrected chi connectivity index (χ2v) is 5.13. The van der Waals surface area contributed by atoms with Gasteiger partial charge in [-0.15, -0.1) is 0 Å². The van der Waals surface area contributed by atoms with Gasteiger partial charge >= 0.3 is 6.03 Å². The van der Waals surface area contributed by atoms with Crippen molar-refractivity contribution in [3.63, 3.8) is 0 Å². The van der Waals surface area contributed by atoms with E-state index < -0.39 is 0 Å². The van der Waals surface area contributed by atoms with Crippen molar-refractivity contribution in [1.82, 2.24) is 5.32 Å². The molecule has 0 aromatic heterocycles. The number of urea groups is 1. The molecule has 2 N–H and O–H groups in total. The van der Waals surface area contributed by atoms with E-state index in [-0.39, 0.29) is 12.1 Å². The first-order chi connectivity index (χ1) is 8.69. The minimum absolute atomic E-state index is 0.103. The van der Waals surface area contributed by atoms with Crippen LogP contribution in [-0.4, -0.2) is 12.1 Å². The Hall–Kier alpha value is -1.51. The summed E-state index contributed by atoms with van der Waals surface area (Å²) in [5.74, 6) is 0. The lowest BCUT2D eigenvalue weighted by Gasteiger charge is -2.14. The lowest BCUT2D eigenvalue weighted by Crippen LogP contribution is -2.35. The third-order valence-corrected chi connectivity index (χ3v) is 3.46. The highest BCUT2D eigenvalue weighted by Gasteiger charge is 2.12. The van der Waals surface area contributed by atoms with Crippen LogP contribution < -0.4 is 10.6 Å². The van der Waals surface area contributed by atoms with Gasteiger partial charge in [0.25, 0.3) is 0 Å². The Kier molecular flexibility index (Phi) is 4.24. The minimum atomic E-state index is -0.103. The van der Waals surface area contributed by atoms with Gasteiger partial charge in [0, 0.05) is 11.7 Å². The molecule has 98 valence electrons. The van der Waals surface area contributed by atoms with Crippen molar-refractivity contribution in [2.45, 2.75) is 52.0 Å². The third-order valence-electron chi connectivity index (χ3n) is 3.46. The molecule has 0 unspecified atom stereocenters. The summed E-state index contributed by atoms with van der Waals surface area (Å²) in [6, 6.07) is 6.35. The van der Waals surface area contributed by atoms with Gasteiger partial charge < -0.3 is 10.6 Å². The number of carbonyl (C=O) groups excluding carboxylic acids is 1. The van der Waals surface area contributed by atoms with Gasteiger partial charge in [-0.2, -0.15) is 0 Å². The number of benzene rings is 1. The second-order valence-electron chi connectivity index (χ2n) is 5.13. The van der Waals surface area contributed by atoms with E-state index in [2.05, 4.69) is 29.7 Å². The van der Waals surface area contributed by atoms with Gasteiger partial charge in [-0.05, 0) is 55.9 Å². The lowest BCUT2D eigenvalue weighted by molar-refractivity contribution is 0.248. The maximum atomic E-state index is 11.8. The van der Waals surface area contributed by atoms with Crippen molar-refractivity contribution >= 4 is 11.7 Å². The van der Waals surface area contributed by atoms with Crippen LogP contribution in [0.25, 0.3) is 0 Å². The molecule has 18 heavy (non-hydrogen) atoms. The number of hydrogen-bond acceptors (Lipinski definition) is 1. The molecule has 3 nitrogen and oxygen atoms in total. The summed E-state index contributed by atoms with van der Waals surface area (Å²) in [5, 5.41) is 5.86. The van der Waals surface area contributed by atoms with Gasteiger partial charge in [-0.1, -0.05) is 19.4 Å². The van der Waals surface area contributed by atoms with Crippen LogP contribution in [0.3, 0.4) is 0 Å². The van der Waals surface area contributed by atoms with Crippen LogP contribution in [0.15, 0.2) is 18.2 Å². The van der Waals surface area contributed by atoms with Crippen molar-refractivity contribution in [1.29, 1.82) is 0 Å². The summed E-state index contributed by atoms with van der Waals surface area (Å²) in [4.78, 5) is 11.8. The minimum Gasteiger partial charge on any atom is -0.335 e. The summed E-state index contributed by atoms with van der Waals surface area (Å²) in [6.45, 7) is 4.16. The SMILES string of the molecule is CCC[C@@H](C)NC(=O)Nc1ccc2c(c1)CCC2. The number of carbonyl (C=O) groups is 1. The van der Waals surface area contributed by atoms with Gasteiger partial charge in [-0.3, -0.25) is 0 Å². The van der Waals surface area contributed by atoms with Crippen LogP contribution in [0.1, 0.15) is 44.2 Å². The fourth-order valence-corrected chi connectivity index (χ4v) is 2.55. The molecular weight excluding hydrogens is 224 g/mol. The van der Waals surface area contributed by atoms with Gasteiger partial charge in [0.15, 0.2) is 0 Å². The average Bonchev–Trinajstić information content (AvgIpc) is 2.76. The third kappa shape index (κ3) is 3.25. The van der Waals surface area contributed by atoms with Crippen molar-refractivity contribution in [2.75, 3.05) is 5.32 Å². The Labute approximate surface area is 109 Å². The first-order valence-corrected chi connectivity index (χ1v) is 6.88. The Morgan fingerprint density at radius 2 is 2.11 bits per heavy atom. The standard InChI is InChI=1S/C15H22N2O/c1-3-5-11(2)16-15(18)17-14-9-8-12-6-4-7-13(12)10-14/h8-11H,3-7H2,1-2H3,(H2,16,17,18)/t11-/m1/s1. The van der Waals surface area contributed by atoms with Crippen molar-refractivity contribution in [3.8, 4) is 0 Å². The molecule has 0 fully saturated rings. The predicted octanol–water partition coefficient (Wildman–Crippen LogP) is 3.49. The Bertz CT molecular complexity index is 429. The van der Waals surface area contributed by atoms with E-state index >= 15 is 0 Å². The van der Waals surface area contributed by atoms with E-state index in [1.165, 1.54) is 24.0 Å². The number of aryl methyl sites for hydroxylation is 2. The van der Waals surface area contributed by atoms with Gasteiger partial charge in [0.2, 0.25) is 0 Å². The number of fused-ring (bicyclic) bond motifs is 1. The van der Waals surface area contributed by atoms with Crippen molar-refractivity contribution in [3.05, 3.63) is 29.3 Å². The zero-order valence-corrected chi connectivity index (χ0v) is 11.3. The molecule has 1 atom stereocenters. The Morgan fingerprint density at radius 3 is 2.89 bits per heavy atom. The van der Waals surface area contributed by atoms with Crippen molar-refractivity contribution in [2.24, 2.45) is 0 Å². The Morgan fingerprint density at radius 1 is 1.33 bits per heavy atom. The molecule has 1 aliphatic carbocycles. The zero-order valence-electron chi connectivity index (χ0n) is 11.3. The predicted molar refractivity (Wildman–Crippen MR) is 75.0 cm³/mol. The molecule has 2 amide bonds. The first-order valence-electron chi connectivity index (χ1n) is 6.88. The molecule has 3 heteroatoms. The number of rotatable bonds is 4. The van der Waals surface area contributed by atoms with Crippen molar-refractivity contribution < 1.29 is 4.79 Å². The fourth-order valence-electron chi connectivity index (χ4n) is 2.55. The molecular formula is C15H22N2O. The van der Waals surface area contributed by atoms with E-state index in [9.17, 15) is 4.79 Å².